The average Bonchev–Trinajstić information content (AvgIpc) is 3.01. The molecular formula is C16H20N4O. The van der Waals surface area contributed by atoms with Crippen molar-refractivity contribution >= 4 is 5.95 Å². The van der Waals surface area contributed by atoms with E-state index < -0.39 is 0 Å². The molecule has 4 heterocycles. The van der Waals surface area contributed by atoms with Gasteiger partial charge in [-0.15, -0.1) is 0 Å². The van der Waals surface area contributed by atoms with Crippen LogP contribution in [-0.2, 0) is 0 Å². The molecule has 0 saturated carbocycles. The molecule has 5 heteroatoms. The molecule has 0 aromatic carbocycles. The first-order valence-corrected chi connectivity index (χ1v) is 7.64. The first-order chi connectivity index (χ1) is 10.3. The summed E-state index contributed by atoms with van der Waals surface area (Å²) < 4.78 is 5.38. The third kappa shape index (κ3) is 2.31. The molecule has 2 aromatic heterocycles. The van der Waals surface area contributed by atoms with Crippen LogP contribution in [0.3, 0.4) is 0 Å². The zero-order valence-electron chi connectivity index (χ0n) is 12.3. The Morgan fingerprint density at radius 2 is 1.86 bits per heavy atom. The molecule has 4 rings (SSSR count). The van der Waals surface area contributed by atoms with Crippen LogP contribution in [0.15, 0.2) is 35.2 Å². The number of anilines is 1. The highest BCUT2D eigenvalue weighted by Crippen LogP contribution is 2.29. The predicted octanol–water partition coefficient (Wildman–Crippen LogP) is 2.41. The minimum atomic E-state index is 0.644. The van der Waals surface area contributed by atoms with Crippen LogP contribution in [0.4, 0.5) is 5.95 Å². The first-order valence-electron chi connectivity index (χ1n) is 7.64. The predicted molar refractivity (Wildman–Crippen MR) is 81.1 cm³/mol. The van der Waals surface area contributed by atoms with E-state index in [0.29, 0.717) is 12.1 Å². The van der Waals surface area contributed by atoms with Crippen LogP contribution in [0.25, 0.3) is 11.3 Å². The molecule has 2 atom stereocenters. The molecular weight excluding hydrogens is 264 g/mol. The fourth-order valence-corrected chi connectivity index (χ4v) is 3.54. The molecule has 0 radical (unpaired) electrons. The lowest BCUT2D eigenvalue weighted by molar-refractivity contribution is 0.0943. The number of nitrogens with zero attached hydrogens (tertiary/aromatic N) is 4. The Kier molecular flexibility index (Phi) is 3.15. The van der Waals surface area contributed by atoms with Gasteiger partial charge in [0.25, 0.3) is 0 Å². The summed E-state index contributed by atoms with van der Waals surface area (Å²) in [7, 11) is 2.26. The minimum Gasteiger partial charge on any atom is -0.464 e. The van der Waals surface area contributed by atoms with E-state index in [0.717, 1.165) is 30.4 Å². The number of piperazine rings is 1. The van der Waals surface area contributed by atoms with Crippen LogP contribution in [0.5, 0.6) is 0 Å². The number of hydrogen-bond acceptors (Lipinski definition) is 5. The van der Waals surface area contributed by atoms with Gasteiger partial charge in [0, 0.05) is 37.6 Å². The molecule has 2 aliphatic rings. The van der Waals surface area contributed by atoms with Crippen molar-refractivity contribution in [2.24, 2.45) is 0 Å². The molecule has 2 aliphatic heterocycles. The molecule has 2 fully saturated rings. The first kappa shape index (κ1) is 12.8. The van der Waals surface area contributed by atoms with Gasteiger partial charge in [-0.3, -0.25) is 4.90 Å². The van der Waals surface area contributed by atoms with Gasteiger partial charge in [-0.1, -0.05) is 6.42 Å². The number of hydrogen-bond donors (Lipinski definition) is 0. The van der Waals surface area contributed by atoms with Crippen molar-refractivity contribution in [3.8, 4) is 11.3 Å². The van der Waals surface area contributed by atoms with E-state index in [2.05, 4.69) is 26.8 Å². The number of aromatic nitrogens is 2. The maximum Gasteiger partial charge on any atom is 0.225 e. The molecule has 2 saturated heterocycles. The Bertz CT molecular complexity index is 581. The van der Waals surface area contributed by atoms with Crippen molar-refractivity contribution in [2.75, 3.05) is 25.0 Å². The molecule has 110 valence electrons. The fraction of sp³-hybridized carbons (Fsp3) is 0.500. The van der Waals surface area contributed by atoms with Gasteiger partial charge in [-0.05, 0) is 32.0 Å². The Morgan fingerprint density at radius 1 is 1.14 bits per heavy atom. The number of fused-ring (bicyclic) bond motifs is 2. The van der Waals surface area contributed by atoms with E-state index in [4.69, 9.17) is 4.42 Å². The molecule has 0 aliphatic carbocycles. The Hall–Kier alpha value is -1.88. The second-order valence-corrected chi connectivity index (χ2v) is 6.06. The van der Waals surface area contributed by atoms with Gasteiger partial charge in [0.15, 0.2) is 0 Å². The Morgan fingerprint density at radius 3 is 2.48 bits per heavy atom. The van der Waals surface area contributed by atoms with E-state index in [1.807, 2.05) is 24.5 Å². The number of piperidine rings is 1. The van der Waals surface area contributed by atoms with Gasteiger partial charge in [0.2, 0.25) is 5.95 Å². The van der Waals surface area contributed by atoms with Gasteiger partial charge in [-0.2, -0.15) is 0 Å². The van der Waals surface area contributed by atoms with Crippen molar-refractivity contribution in [1.82, 2.24) is 14.9 Å². The highest BCUT2D eigenvalue weighted by molar-refractivity contribution is 5.55. The van der Waals surface area contributed by atoms with Crippen LogP contribution >= 0.6 is 0 Å². The van der Waals surface area contributed by atoms with Crippen molar-refractivity contribution in [3.05, 3.63) is 30.8 Å². The zero-order valence-corrected chi connectivity index (χ0v) is 12.3. The van der Waals surface area contributed by atoms with Gasteiger partial charge < -0.3 is 9.32 Å². The molecule has 0 spiro atoms. The van der Waals surface area contributed by atoms with Crippen molar-refractivity contribution in [3.63, 3.8) is 0 Å². The molecule has 2 aromatic rings. The lowest BCUT2D eigenvalue weighted by Gasteiger charge is -2.48. The molecule has 5 nitrogen and oxygen atoms in total. The van der Waals surface area contributed by atoms with Crippen molar-refractivity contribution in [1.29, 1.82) is 0 Å². The second-order valence-electron chi connectivity index (χ2n) is 6.06. The van der Waals surface area contributed by atoms with E-state index in [1.165, 1.54) is 19.3 Å². The monoisotopic (exact) mass is 284 g/mol. The highest BCUT2D eigenvalue weighted by atomic mass is 16.3. The maximum atomic E-state index is 5.38. The lowest BCUT2D eigenvalue weighted by Crippen LogP contribution is -2.59. The van der Waals surface area contributed by atoms with E-state index in [1.54, 1.807) is 6.26 Å². The Balaban J connectivity index is 1.54. The lowest BCUT2D eigenvalue weighted by atomic mass is 9.92. The molecule has 2 unspecified atom stereocenters. The standard InChI is InChI=1S/C16H20N4O/c1-19-13-4-2-5-14(19)11-20(10-13)16-17-8-12(9-18-16)15-6-3-7-21-15/h3,6-9,13-14H,2,4-5,10-11H2,1H3. The molecule has 0 amide bonds. The van der Waals surface area contributed by atoms with Crippen LogP contribution in [-0.4, -0.2) is 47.1 Å². The summed E-state index contributed by atoms with van der Waals surface area (Å²) in [6, 6.07) is 5.10. The number of rotatable bonds is 2. The topological polar surface area (TPSA) is 45.4 Å². The minimum absolute atomic E-state index is 0.644. The SMILES string of the molecule is CN1C2CCCC1CN(c1ncc(-c3ccco3)cn1)C2. The van der Waals surface area contributed by atoms with E-state index in [-0.39, 0.29) is 0 Å². The molecule has 0 N–H and O–H groups in total. The van der Waals surface area contributed by atoms with Crippen molar-refractivity contribution < 1.29 is 4.42 Å². The number of furan rings is 1. The van der Waals surface area contributed by atoms with Gasteiger partial charge in [0.1, 0.15) is 5.76 Å². The van der Waals surface area contributed by atoms with E-state index in [9.17, 15) is 0 Å². The van der Waals surface area contributed by atoms with E-state index >= 15 is 0 Å². The Labute approximate surface area is 124 Å². The molecule has 2 bridgehead atoms. The normalized spacial score (nSPS) is 26.0. The largest absolute Gasteiger partial charge is 0.464 e. The van der Waals surface area contributed by atoms with Crippen LogP contribution in [0.2, 0.25) is 0 Å². The summed E-state index contributed by atoms with van der Waals surface area (Å²) >= 11 is 0. The molecule has 21 heavy (non-hydrogen) atoms. The van der Waals surface area contributed by atoms with Crippen LogP contribution < -0.4 is 4.90 Å². The van der Waals surface area contributed by atoms with Crippen LogP contribution in [0, 0.1) is 0 Å². The zero-order chi connectivity index (χ0) is 14.2. The van der Waals surface area contributed by atoms with Gasteiger partial charge in [0.05, 0.1) is 11.8 Å². The summed E-state index contributed by atoms with van der Waals surface area (Å²) in [6.45, 7) is 2.07. The summed E-state index contributed by atoms with van der Waals surface area (Å²) in [6.07, 6.45) is 9.31. The summed E-state index contributed by atoms with van der Waals surface area (Å²) in [5, 5.41) is 0. The highest BCUT2D eigenvalue weighted by Gasteiger charge is 2.35. The van der Waals surface area contributed by atoms with Crippen molar-refractivity contribution in [2.45, 2.75) is 31.3 Å². The van der Waals surface area contributed by atoms with Crippen LogP contribution in [0.1, 0.15) is 19.3 Å². The smallest absolute Gasteiger partial charge is 0.225 e. The van der Waals surface area contributed by atoms with Gasteiger partial charge >= 0.3 is 0 Å². The maximum absolute atomic E-state index is 5.38. The second kappa shape index (κ2) is 5.15. The number of likely N-dealkylation sites (N-methyl/N-ethyl adjacent to an activating group) is 1. The fourth-order valence-electron chi connectivity index (χ4n) is 3.54. The third-order valence-electron chi connectivity index (χ3n) is 4.82. The summed E-state index contributed by atoms with van der Waals surface area (Å²) in [5.41, 5.74) is 0.929. The summed E-state index contributed by atoms with van der Waals surface area (Å²) in [5.74, 6) is 1.66. The van der Waals surface area contributed by atoms with Gasteiger partial charge in [-0.25, -0.2) is 9.97 Å². The quantitative estimate of drug-likeness (QED) is 0.847. The summed E-state index contributed by atoms with van der Waals surface area (Å²) in [4.78, 5) is 14.0. The average molecular weight is 284 g/mol. The third-order valence-corrected chi connectivity index (χ3v) is 4.82.